The highest BCUT2D eigenvalue weighted by atomic mass is 35.5. The Morgan fingerprint density at radius 2 is 2.04 bits per heavy atom. The van der Waals surface area contributed by atoms with Gasteiger partial charge in [0.1, 0.15) is 11.3 Å². The molecule has 136 valence electrons. The van der Waals surface area contributed by atoms with Crippen LogP contribution in [0.15, 0.2) is 24.4 Å². The molecule has 26 heavy (non-hydrogen) atoms. The number of benzene rings is 1. The maximum absolute atomic E-state index is 14.0. The van der Waals surface area contributed by atoms with Crippen LogP contribution in [-0.2, 0) is 4.74 Å². The molecule has 0 aliphatic carbocycles. The Bertz CT molecular complexity index is 911. The van der Waals surface area contributed by atoms with Crippen LogP contribution in [0.3, 0.4) is 0 Å². The second-order valence-corrected chi connectivity index (χ2v) is 7.31. The van der Waals surface area contributed by atoms with E-state index in [-0.39, 0.29) is 11.0 Å². The van der Waals surface area contributed by atoms with E-state index < -0.39 is 29.5 Å². The van der Waals surface area contributed by atoms with Gasteiger partial charge in [-0.3, -0.25) is 4.79 Å². The number of fused-ring (bicyclic) bond motifs is 1. The van der Waals surface area contributed by atoms with Crippen LogP contribution in [-0.4, -0.2) is 32.5 Å². The van der Waals surface area contributed by atoms with Gasteiger partial charge in [0.05, 0.1) is 12.2 Å². The zero-order valence-corrected chi connectivity index (χ0v) is 15.5. The number of aromatic nitrogens is 2. The molecule has 8 heteroatoms. The fraction of sp³-hybridized carbons (Fsp3) is 0.333. The number of hydrogen-bond donors (Lipinski definition) is 0. The van der Waals surface area contributed by atoms with E-state index in [9.17, 15) is 14.0 Å². The lowest BCUT2D eigenvalue weighted by Gasteiger charge is -2.25. The zero-order valence-electron chi connectivity index (χ0n) is 14.7. The Hall–Kier alpha value is -2.54. The largest absolute Gasteiger partial charge is 0.443 e. The fourth-order valence-electron chi connectivity index (χ4n) is 2.80. The quantitative estimate of drug-likeness (QED) is 0.689. The molecule has 0 spiro atoms. The highest BCUT2D eigenvalue weighted by Gasteiger charge is 2.40. The molecular weight excluding hydrogens is 361 g/mol. The number of rotatable bonds is 1. The van der Waals surface area contributed by atoms with Crippen LogP contribution < -0.4 is 0 Å². The van der Waals surface area contributed by atoms with Gasteiger partial charge in [-0.1, -0.05) is 12.1 Å². The van der Waals surface area contributed by atoms with Crippen LogP contribution in [0.2, 0.25) is 5.28 Å². The molecule has 1 aromatic heterocycles. The van der Waals surface area contributed by atoms with Crippen molar-refractivity contribution in [1.82, 2.24) is 14.9 Å². The van der Waals surface area contributed by atoms with Crippen molar-refractivity contribution in [3.05, 3.63) is 46.6 Å². The Kier molecular flexibility index (Phi) is 4.44. The van der Waals surface area contributed by atoms with Crippen LogP contribution in [0.1, 0.15) is 49.7 Å². The van der Waals surface area contributed by atoms with E-state index >= 15 is 0 Å². The molecule has 1 aliphatic heterocycles. The molecule has 0 N–H and O–H groups in total. The first-order valence-electron chi connectivity index (χ1n) is 7.97. The number of nitrogens with zero attached hydrogens (tertiary/aromatic N) is 3. The first-order valence-corrected chi connectivity index (χ1v) is 8.35. The number of imide groups is 1. The number of hydrogen-bond acceptors (Lipinski definition) is 5. The minimum atomic E-state index is -0.724. The van der Waals surface area contributed by atoms with E-state index in [1.54, 1.807) is 39.8 Å². The first kappa shape index (κ1) is 18.3. The molecule has 0 fully saturated rings. The minimum absolute atomic E-state index is 0.0102. The summed E-state index contributed by atoms with van der Waals surface area (Å²) in [7, 11) is 0. The molecule has 2 heterocycles. The summed E-state index contributed by atoms with van der Waals surface area (Å²) in [5, 5.41) is -0.100. The van der Waals surface area contributed by atoms with Gasteiger partial charge in [0.25, 0.3) is 5.91 Å². The third kappa shape index (κ3) is 3.26. The maximum atomic E-state index is 14.0. The lowest BCUT2D eigenvalue weighted by atomic mass is 10.0. The van der Waals surface area contributed by atoms with Gasteiger partial charge in [-0.15, -0.1) is 0 Å². The molecule has 2 aromatic rings. The van der Waals surface area contributed by atoms with Crippen molar-refractivity contribution in [2.75, 3.05) is 0 Å². The second kappa shape index (κ2) is 6.32. The average Bonchev–Trinajstić information content (AvgIpc) is 2.79. The molecule has 1 atom stereocenters. The van der Waals surface area contributed by atoms with Gasteiger partial charge < -0.3 is 4.74 Å². The first-order chi connectivity index (χ1) is 12.1. The summed E-state index contributed by atoms with van der Waals surface area (Å²) in [4.78, 5) is 33.6. The topological polar surface area (TPSA) is 72.4 Å². The maximum Gasteiger partial charge on any atom is 0.417 e. The summed E-state index contributed by atoms with van der Waals surface area (Å²) in [6.45, 7) is 6.91. The Labute approximate surface area is 155 Å². The summed E-state index contributed by atoms with van der Waals surface area (Å²) in [6.07, 6.45) is 0.249. The molecule has 6 nitrogen and oxygen atoms in total. The van der Waals surface area contributed by atoms with E-state index in [1.165, 1.54) is 6.07 Å². The Morgan fingerprint density at radius 3 is 2.69 bits per heavy atom. The summed E-state index contributed by atoms with van der Waals surface area (Å²) in [5.41, 5.74) is 0.596. The molecule has 1 unspecified atom stereocenters. The van der Waals surface area contributed by atoms with Crippen LogP contribution >= 0.6 is 11.6 Å². The predicted octanol–water partition coefficient (Wildman–Crippen LogP) is 4.39. The van der Waals surface area contributed by atoms with Crippen LogP contribution in [0.5, 0.6) is 0 Å². The van der Waals surface area contributed by atoms with Crippen molar-refractivity contribution in [3.63, 3.8) is 0 Å². The third-order valence-corrected chi connectivity index (χ3v) is 4.10. The average molecular weight is 378 g/mol. The molecule has 2 amide bonds. The van der Waals surface area contributed by atoms with Gasteiger partial charge in [-0.2, -0.15) is 0 Å². The standard InChI is InChI=1S/C18H17ClFN3O3/c1-9-11-6-5-10(14-13(20)8-21-16(19)22-14)7-12(11)15(24)23(9)17(25)26-18(2,3)4/h5-9H,1-4H3. The smallest absolute Gasteiger partial charge is 0.417 e. The van der Waals surface area contributed by atoms with Crippen LogP contribution in [0.4, 0.5) is 9.18 Å². The minimum Gasteiger partial charge on any atom is -0.443 e. The monoisotopic (exact) mass is 377 g/mol. The zero-order chi connectivity index (χ0) is 19.2. The van der Waals surface area contributed by atoms with Gasteiger partial charge in [0.15, 0.2) is 5.82 Å². The van der Waals surface area contributed by atoms with Crippen molar-refractivity contribution in [2.24, 2.45) is 0 Å². The van der Waals surface area contributed by atoms with Crippen LogP contribution in [0, 0.1) is 5.82 Å². The molecule has 1 aromatic carbocycles. The number of carbonyl (C=O) groups is 2. The fourth-order valence-corrected chi connectivity index (χ4v) is 2.93. The van der Waals surface area contributed by atoms with E-state index in [0.29, 0.717) is 16.7 Å². The molecule has 0 radical (unpaired) electrons. The highest BCUT2D eigenvalue weighted by molar-refractivity contribution is 6.28. The summed E-state index contributed by atoms with van der Waals surface area (Å²) >= 11 is 5.74. The number of carbonyl (C=O) groups excluding carboxylic acids is 2. The van der Waals surface area contributed by atoms with Gasteiger partial charge in [-0.05, 0) is 50.9 Å². The normalized spacial score (nSPS) is 16.6. The van der Waals surface area contributed by atoms with Gasteiger partial charge in [0, 0.05) is 11.1 Å². The van der Waals surface area contributed by atoms with Crippen molar-refractivity contribution in [3.8, 4) is 11.3 Å². The third-order valence-electron chi connectivity index (χ3n) is 3.92. The Balaban J connectivity index is 1.99. The lowest BCUT2D eigenvalue weighted by molar-refractivity contribution is 0.0203. The predicted molar refractivity (Wildman–Crippen MR) is 93.3 cm³/mol. The number of amides is 2. The van der Waals surface area contributed by atoms with Crippen molar-refractivity contribution < 1.29 is 18.7 Å². The molecule has 3 rings (SSSR count). The van der Waals surface area contributed by atoms with E-state index in [1.807, 2.05) is 0 Å². The SMILES string of the molecule is CC1c2ccc(-c3nc(Cl)ncc3F)cc2C(=O)N1C(=O)OC(C)(C)C. The van der Waals surface area contributed by atoms with Crippen molar-refractivity contribution in [1.29, 1.82) is 0 Å². The molecule has 1 aliphatic rings. The second-order valence-electron chi connectivity index (χ2n) is 6.97. The number of halogens is 2. The summed E-state index contributed by atoms with van der Waals surface area (Å²) in [6, 6.07) is 4.32. The van der Waals surface area contributed by atoms with Crippen molar-refractivity contribution in [2.45, 2.75) is 39.3 Å². The van der Waals surface area contributed by atoms with Gasteiger partial charge in [-0.25, -0.2) is 24.1 Å². The van der Waals surface area contributed by atoms with Crippen LogP contribution in [0.25, 0.3) is 11.3 Å². The summed E-state index contributed by atoms with van der Waals surface area (Å²) in [5.74, 6) is -1.15. The van der Waals surface area contributed by atoms with E-state index in [4.69, 9.17) is 16.3 Å². The van der Waals surface area contributed by atoms with Crippen molar-refractivity contribution >= 4 is 23.6 Å². The number of ether oxygens (including phenoxy) is 1. The highest BCUT2D eigenvalue weighted by Crippen LogP contribution is 2.36. The van der Waals surface area contributed by atoms with E-state index in [2.05, 4.69) is 9.97 Å². The lowest BCUT2D eigenvalue weighted by Crippen LogP contribution is -2.38. The summed E-state index contributed by atoms with van der Waals surface area (Å²) < 4.78 is 19.3. The van der Waals surface area contributed by atoms with E-state index in [0.717, 1.165) is 11.1 Å². The molecule has 0 saturated carbocycles. The molecule has 0 bridgehead atoms. The molecular formula is C18H17ClFN3O3. The van der Waals surface area contributed by atoms with Gasteiger partial charge >= 0.3 is 6.09 Å². The molecule has 0 saturated heterocycles. The Morgan fingerprint density at radius 1 is 1.35 bits per heavy atom. The van der Waals surface area contributed by atoms with Gasteiger partial charge in [0.2, 0.25) is 5.28 Å².